The number of carbonyl (C=O) groups excluding carboxylic acids is 2. The molecule has 0 saturated heterocycles. The molecule has 8 heteroatoms. The molecule has 0 aliphatic carbocycles. The van der Waals surface area contributed by atoms with Crippen LogP contribution < -0.4 is 10.6 Å². The number of rotatable bonds is 3. The van der Waals surface area contributed by atoms with E-state index in [0.29, 0.717) is 34.4 Å². The highest BCUT2D eigenvalue weighted by atomic mass is 16.4. The van der Waals surface area contributed by atoms with Gasteiger partial charge in [-0.25, -0.2) is 4.98 Å². The first kappa shape index (κ1) is 16.1. The minimum atomic E-state index is -0.411. The van der Waals surface area contributed by atoms with E-state index < -0.39 is 5.92 Å². The number of nitrogens with one attached hydrogen (secondary N) is 3. The molecular weight excluding hydrogens is 334 g/mol. The standard InChI is InChI=1S/C18H17N5O3/c1-9-14(21-18(26-9)10-6-4-3-5-7-10)11-8-12(24)20-16-13(11)15(22-23-16)17(25)19-2/h3-7,11H,8H2,1-2H3,(H,19,25)(H2,20,22,23,24). The number of hydrogen-bond donors (Lipinski definition) is 3. The Kier molecular flexibility index (Phi) is 3.80. The smallest absolute Gasteiger partial charge is 0.269 e. The molecule has 3 N–H and O–H groups in total. The van der Waals surface area contributed by atoms with E-state index in [2.05, 4.69) is 25.8 Å². The van der Waals surface area contributed by atoms with Crippen molar-refractivity contribution in [3.63, 3.8) is 0 Å². The van der Waals surface area contributed by atoms with Gasteiger partial charge in [0.05, 0.1) is 5.69 Å². The Balaban J connectivity index is 1.82. The van der Waals surface area contributed by atoms with Gasteiger partial charge < -0.3 is 15.1 Å². The van der Waals surface area contributed by atoms with Crippen LogP contribution in [0.2, 0.25) is 0 Å². The zero-order valence-electron chi connectivity index (χ0n) is 14.3. The maximum Gasteiger partial charge on any atom is 0.269 e. The third-order valence-corrected chi connectivity index (χ3v) is 4.44. The summed E-state index contributed by atoms with van der Waals surface area (Å²) in [7, 11) is 1.54. The van der Waals surface area contributed by atoms with Crippen molar-refractivity contribution >= 4 is 17.6 Å². The van der Waals surface area contributed by atoms with Crippen molar-refractivity contribution in [2.45, 2.75) is 19.3 Å². The number of hydrogen-bond acceptors (Lipinski definition) is 5. The van der Waals surface area contributed by atoms with Gasteiger partial charge in [0.2, 0.25) is 11.8 Å². The molecule has 0 saturated carbocycles. The number of anilines is 1. The number of benzene rings is 1. The Labute approximate surface area is 149 Å². The summed E-state index contributed by atoms with van der Waals surface area (Å²) in [6, 6.07) is 9.53. The van der Waals surface area contributed by atoms with Crippen molar-refractivity contribution in [1.29, 1.82) is 0 Å². The van der Waals surface area contributed by atoms with Gasteiger partial charge in [0.1, 0.15) is 11.5 Å². The van der Waals surface area contributed by atoms with Crippen LogP contribution in [0.25, 0.3) is 11.5 Å². The summed E-state index contributed by atoms with van der Waals surface area (Å²) in [6.45, 7) is 1.81. The lowest BCUT2D eigenvalue weighted by Gasteiger charge is -2.21. The highest BCUT2D eigenvalue weighted by molar-refractivity contribution is 6.00. The zero-order chi connectivity index (χ0) is 18.3. The number of H-pyrrole nitrogens is 1. The highest BCUT2D eigenvalue weighted by Gasteiger charge is 2.36. The van der Waals surface area contributed by atoms with Crippen molar-refractivity contribution in [3.8, 4) is 11.5 Å². The summed E-state index contributed by atoms with van der Waals surface area (Å²) in [5.74, 6) is 0.555. The topological polar surface area (TPSA) is 113 Å². The molecule has 4 rings (SSSR count). The fourth-order valence-corrected chi connectivity index (χ4v) is 3.22. The first-order valence-electron chi connectivity index (χ1n) is 8.21. The van der Waals surface area contributed by atoms with Crippen LogP contribution >= 0.6 is 0 Å². The second-order valence-corrected chi connectivity index (χ2v) is 6.07. The zero-order valence-corrected chi connectivity index (χ0v) is 14.3. The third kappa shape index (κ3) is 2.55. The molecule has 0 radical (unpaired) electrons. The fraction of sp³-hybridized carbons (Fsp3) is 0.222. The van der Waals surface area contributed by atoms with Gasteiger partial charge in [-0.2, -0.15) is 5.10 Å². The van der Waals surface area contributed by atoms with Crippen molar-refractivity contribution in [2.75, 3.05) is 12.4 Å². The number of aromatic nitrogens is 3. The predicted molar refractivity (Wildman–Crippen MR) is 93.7 cm³/mol. The molecule has 1 aliphatic heterocycles. The SMILES string of the molecule is CNC(=O)c1[nH]nc2c1C(c1nc(-c3ccccc3)oc1C)CC(=O)N2. The average molecular weight is 351 g/mol. The van der Waals surface area contributed by atoms with Crippen LogP contribution in [0.1, 0.15) is 39.8 Å². The molecule has 8 nitrogen and oxygen atoms in total. The first-order chi connectivity index (χ1) is 12.6. The summed E-state index contributed by atoms with van der Waals surface area (Å²) >= 11 is 0. The van der Waals surface area contributed by atoms with Crippen LogP contribution in [0.5, 0.6) is 0 Å². The average Bonchev–Trinajstić information content (AvgIpc) is 3.25. The molecule has 0 spiro atoms. The number of amides is 2. The predicted octanol–water partition coefficient (Wildman–Crippen LogP) is 2.21. The number of fused-ring (bicyclic) bond motifs is 1. The molecular formula is C18H17N5O3. The van der Waals surface area contributed by atoms with Gasteiger partial charge in [0.15, 0.2) is 5.82 Å². The summed E-state index contributed by atoms with van der Waals surface area (Å²) < 4.78 is 5.83. The normalized spacial score (nSPS) is 16.1. The monoisotopic (exact) mass is 351 g/mol. The number of oxazole rings is 1. The van der Waals surface area contributed by atoms with E-state index in [1.54, 1.807) is 14.0 Å². The Hall–Kier alpha value is -3.42. The first-order valence-corrected chi connectivity index (χ1v) is 8.21. The molecule has 3 heterocycles. The van der Waals surface area contributed by atoms with E-state index >= 15 is 0 Å². The van der Waals surface area contributed by atoms with E-state index in [4.69, 9.17) is 4.42 Å². The Morgan fingerprint density at radius 3 is 2.81 bits per heavy atom. The molecule has 1 aliphatic rings. The lowest BCUT2D eigenvalue weighted by Crippen LogP contribution is -2.27. The van der Waals surface area contributed by atoms with Gasteiger partial charge in [-0.15, -0.1) is 0 Å². The second kappa shape index (κ2) is 6.14. The molecule has 0 bridgehead atoms. The van der Waals surface area contributed by atoms with Gasteiger partial charge in [-0.1, -0.05) is 18.2 Å². The van der Waals surface area contributed by atoms with Gasteiger partial charge >= 0.3 is 0 Å². The number of carbonyl (C=O) groups is 2. The van der Waals surface area contributed by atoms with Gasteiger partial charge in [-0.05, 0) is 19.1 Å². The van der Waals surface area contributed by atoms with Crippen LogP contribution in [0.3, 0.4) is 0 Å². The van der Waals surface area contributed by atoms with Crippen molar-refractivity contribution < 1.29 is 14.0 Å². The Morgan fingerprint density at radius 2 is 2.08 bits per heavy atom. The van der Waals surface area contributed by atoms with E-state index in [9.17, 15) is 9.59 Å². The molecule has 2 aromatic heterocycles. The molecule has 3 aromatic rings. The van der Waals surface area contributed by atoms with Crippen molar-refractivity contribution in [1.82, 2.24) is 20.5 Å². The van der Waals surface area contributed by atoms with Gasteiger partial charge in [-0.3, -0.25) is 14.7 Å². The molecule has 1 unspecified atom stereocenters. The third-order valence-electron chi connectivity index (χ3n) is 4.44. The lowest BCUT2D eigenvalue weighted by atomic mass is 9.88. The van der Waals surface area contributed by atoms with E-state index in [1.807, 2.05) is 30.3 Å². The second-order valence-electron chi connectivity index (χ2n) is 6.07. The minimum Gasteiger partial charge on any atom is -0.441 e. The minimum absolute atomic E-state index is 0.165. The van der Waals surface area contributed by atoms with Crippen LogP contribution in [0, 0.1) is 6.92 Å². The maximum absolute atomic E-state index is 12.2. The van der Waals surface area contributed by atoms with Crippen LogP contribution in [-0.2, 0) is 4.79 Å². The van der Waals surface area contributed by atoms with Crippen molar-refractivity contribution in [2.24, 2.45) is 0 Å². The van der Waals surface area contributed by atoms with Crippen molar-refractivity contribution in [3.05, 3.63) is 53.0 Å². The maximum atomic E-state index is 12.2. The molecule has 0 fully saturated rings. The Bertz CT molecular complexity index is 990. The number of aromatic amines is 1. The molecule has 1 atom stereocenters. The summed E-state index contributed by atoms with van der Waals surface area (Å²) in [5.41, 5.74) is 2.42. The van der Waals surface area contributed by atoms with Gasteiger partial charge in [0.25, 0.3) is 5.91 Å². The van der Waals surface area contributed by atoms with Crippen LogP contribution in [0.4, 0.5) is 5.82 Å². The Morgan fingerprint density at radius 1 is 1.31 bits per heavy atom. The molecule has 26 heavy (non-hydrogen) atoms. The van der Waals surface area contributed by atoms with E-state index in [-0.39, 0.29) is 18.2 Å². The molecule has 2 amide bonds. The summed E-state index contributed by atoms with van der Waals surface area (Å²) in [6.07, 6.45) is 0.165. The van der Waals surface area contributed by atoms with Crippen LogP contribution in [0.15, 0.2) is 34.7 Å². The highest BCUT2D eigenvalue weighted by Crippen LogP contribution is 2.40. The summed E-state index contributed by atoms with van der Waals surface area (Å²) in [4.78, 5) is 28.9. The number of aryl methyl sites for hydroxylation is 1. The quantitative estimate of drug-likeness (QED) is 0.669. The molecule has 1 aromatic carbocycles. The van der Waals surface area contributed by atoms with E-state index in [0.717, 1.165) is 5.56 Å². The summed E-state index contributed by atoms with van der Waals surface area (Å²) in [5, 5.41) is 12.1. The van der Waals surface area contributed by atoms with Gasteiger partial charge in [0, 0.05) is 30.5 Å². The number of nitrogens with zero attached hydrogens (tertiary/aromatic N) is 2. The largest absolute Gasteiger partial charge is 0.441 e. The lowest BCUT2D eigenvalue weighted by molar-refractivity contribution is -0.116. The fourth-order valence-electron chi connectivity index (χ4n) is 3.22. The van der Waals surface area contributed by atoms with E-state index in [1.165, 1.54) is 0 Å². The molecule has 132 valence electrons. The van der Waals surface area contributed by atoms with Crippen LogP contribution in [-0.4, -0.2) is 34.0 Å².